The Hall–Kier alpha value is -1.58. The highest BCUT2D eigenvalue weighted by atomic mass is 16.5. The van der Waals surface area contributed by atoms with Crippen LogP contribution < -0.4 is 0 Å². The van der Waals surface area contributed by atoms with Crippen molar-refractivity contribution in [2.75, 3.05) is 20.2 Å². The predicted octanol–water partition coefficient (Wildman–Crippen LogP) is 2.31. The standard InChI is InChI=1S/C14H23NO3/c1-5-9-15(10-6-2)11-7-8-13(12(3)16)14(17)18-4/h7-8,11H,5-6,9-10H2,1-4H3. The SMILES string of the molecule is CCCN(C=CC=C(C(C)=O)C(=O)OC)CCC. The lowest BCUT2D eigenvalue weighted by atomic mass is 10.2. The summed E-state index contributed by atoms with van der Waals surface area (Å²) in [6, 6.07) is 0. The number of hydrogen-bond acceptors (Lipinski definition) is 4. The van der Waals surface area contributed by atoms with Crippen LogP contribution in [0, 0.1) is 0 Å². The Morgan fingerprint density at radius 2 is 1.72 bits per heavy atom. The van der Waals surface area contributed by atoms with Crippen LogP contribution in [-0.4, -0.2) is 36.9 Å². The number of esters is 1. The van der Waals surface area contributed by atoms with E-state index in [0.29, 0.717) is 0 Å². The molecule has 0 aliphatic carbocycles. The van der Waals surface area contributed by atoms with Gasteiger partial charge < -0.3 is 9.64 Å². The summed E-state index contributed by atoms with van der Waals surface area (Å²) in [7, 11) is 1.27. The first-order valence-corrected chi connectivity index (χ1v) is 6.28. The van der Waals surface area contributed by atoms with E-state index >= 15 is 0 Å². The molecule has 0 aromatic heterocycles. The van der Waals surface area contributed by atoms with Crippen LogP contribution in [0.25, 0.3) is 0 Å². The molecule has 0 aliphatic heterocycles. The fraction of sp³-hybridized carbons (Fsp3) is 0.571. The van der Waals surface area contributed by atoms with E-state index in [1.54, 1.807) is 6.08 Å². The maximum atomic E-state index is 11.3. The fourth-order valence-electron chi connectivity index (χ4n) is 1.54. The topological polar surface area (TPSA) is 46.6 Å². The Morgan fingerprint density at radius 1 is 1.17 bits per heavy atom. The van der Waals surface area contributed by atoms with E-state index in [1.807, 2.05) is 6.20 Å². The summed E-state index contributed by atoms with van der Waals surface area (Å²) in [6.45, 7) is 7.51. The van der Waals surface area contributed by atoms with Gasteiger partial charge in [-0.1, -0.05) is 13.8 Å². The van der Waals surface area contributed by atoms with Crippen molar-refractivity contribution in [2.24, 2.45) is 0 Å². The van der Waals surface area contributed by atoms with Crippen molar-refractivity contribution in [2.45, 2.75) is 33.6 Å². The van der Waals surface area contributed by atoms with Gasteiger partial charge in [-0.3, -0.25) is 4.79 Å². The molecule has 0 aromatic carbocycles. The molecule has 0 aliphatic rings. The summed E-state index contributed by atoms with van der Waals surface area (Å²) < 4.78 is 4.55. The minimum atomic E-state index is -0.593. The van der Waals surface area contributed by atoms with Crippen LogP contribution in [0.1, 0.15) is 33.6 Å². The molecule has 0 N–H and O–H groups in total. The van der Waals surface area contributed by atoms with Gasteiger partial charge in [-0.2, -0.15) is 0 Å². The Morgan fingerprint density at radius 3 is 2.11 bits per heavy atom. The maximum Gasteiger partial charge on any atom is 0.341 e. The van der Waals surface area contributed by atoms with Gasteiger partial charge in [0.1, 0.15) is 5.57 Å². The third-order valence-corrected chi connectivity index (χ3v) is 2.37. The minimum Gasteiger partial charge on any atom is -0.465 e. The monoisotopic (exact) mass is 253 g/mol. The van der Waals surface area contributed by atoms with Crippen molar-refractivity contribution in [1.82, 2.24) is 4.90 Å². The molecule has 4 heteroatoms. The molecule has 4 nitrogen and oxygen atoms in total. The molecule has 0 heterocycles. The van der Waals surface area contributed by atoms with Crippen LogP contribution in [0.5, 0.6) is 0 Å². The summed E-state index contributed by atoms with van der Waals surface area (Å²) in [5, 5.41) is 0. The third kappa shape index (κ3) is 6.23. The number of nitrogens with zero attached hydrogens (tertiary/aromatic N) is 1. The molecule has 0 saturated heterocycles. The molecular weight excluding hydrogens is 230 g/mol. The second kappa shape index (κ2) is 9.45. The first kappa shape index (κ1) is 16.4. The molecule has 0 radical (unpaired) electrons. The lowest BCUT2D eigenvalue weighted by molar-refractivity contribution is -0.137. The number of carbonyl (C=O) groups excluding carboxylic acids is 2. The predicted molar refractivity (Wildman–Crippen MR) is 72.1 cm³/mol. The molecule has 0 fully saturated rings. The quantitative estimate of drug-likeness (QED) is 0.219. The average molecular weight is 253 g/mol. The van der Waals surface area contributed by atoms with Crippen LogP contribution in [0.4, 0.5) is 0 Å². The molecule has 18 heavy (non-hydrogen) atoms. The summed E-state index contributed by atoms with van der Waals surface area (Å²) in [5.74, 6) is -0.881. The number of ketones is 1. The van der Waals surface area contributed by atoms with Crippen molar-refractivity contribution in [3.63, 3.8) is 0 Å². The number of hydrogen-bond donors (Lipinski definition) is 0. The summed E-state index contributed by atoms with van der Waals surface area (Å²) >= 11 is 0. The van der Waals surface area contributed by atoms with Crippen molar-refractivity contribution in [1.29, 1.82) is 0 Å². The Kier molecular flexibility index (Phi) is 8.62. The molecule has 102 valence electrons. The molecule has 0 atom stereocenters. The van der Waals surface area contributed by atoms with Crippen LogP contribution in [-0.2, 0) is 14.3 Å². The van der Waals surface area contributed by atoms with Gasteiger partial charge in [-0.15, -0.1) is 0 Å². The highest BCUT2D eigenvalue weighted by molar-refractivity contribution is 6.16. The van der Waals surface area contributed by atoms with Gasteiger partial charge in [-0.25, -0.2) is 4.79 Å². The number of allylic oxidation sites excluding steroid dienone is 2. The van der Waals surface area contributed by atoms with Gasteiger partial charge in [0, 0.05) is 13.1 Å². The lowest BCUT2D eigenvalue weighted by Gasteiger charge is -2.17. The molecular formula is C14H23NO3. The van der Waals surface area contributed by atoms with Crippen LogP contribution in [0.3, 0.4) is 0 Å². The van der Waals surface area contributed by atoms with Crippen molar-refractivity contribution >= 4 is 11.8 Å². The zero-order valence-corrected chi connectivity index (χ0v) is 11.7. The van der Waals surface area contributed by atoms with Gasteiger partial charge >= 0.3 is 5.97 Å². The normalized spacial score (nSPS) is 11.7. The Bertz CT molecular complexity index is 326. The van der Waals surface area contributed by atoms with Crippen molar-refractivity contribution < 1.29 is 14.3 Å². The lowest BCUT2D eigenvalue weighted by Crippen LogP contribution is -2.18. The Labute approximate surface area is 109 Å². The van der Waals surface area contributed by atoms with Gasteiger partial charge in [0.15, 0.2) is 5.78 Å². The summed E-state index contributed by atoms with van der Waals surface area (Å²) in [5.41, 5.74) is 0.0710. The fourth-order valence-corrected chi connectivity index (χ4v) is 1.54. The first-order chi connectivity index (χ1) is 8.56. The number of carbonyl (C=O) groups is 2. The highest BCUT2D eigenvalue weighted by Crippen LogP contribution is 2.01. The van der Waals surface area contributed by atoms with E-state index in [2.05, 4.69) is 23.5 Å². The molecule has 0 unspecified atom stereocenters. The smallest absolute Gasteiger partial charge is 0.341 e. The Balaban J connectivity index is 4.71. The third-order valence-electron chi connectivity index (χ3n) is 2.37. The van der Waals surface area contributed by atoms with Crippen LogP contribution in [0.2, 0.25) is 0 Å². The molecule has 0 rings (SSSR count). The molecule has 0 spiro atoms. The van der Waals surface area contributed by atoms with Gasteiger partial charge in [0.05, 0.1) is 7.11 Å². The largest absolute Gasteiger partial charge is 0.465 e. The molecule has 0 saturated carbocycles. The second-order valence-corrected chi connectivity index (χ2v) is 4.01. The second-order valence-electron chi connectivity index (χ2n) is 4.01. The summed E-state index contributed by atoms with van der Waals surface area (Å²) in [4.78, 5) is 24.7. The van der Waals surface area contributed by atoms with Crippen molar-refractivity contribution in [3.8, 4) is 0 Å². The van der Waals surface area contributed by atoms with E-state index in [-0.39, 0.29) is 11.4 Å². The van der Waals surface area contributed by atoms with E-state index in [0.717, 1.165) is 25.9 Å². The van der Waals surface area contributed by atoms with E-state index in [1.165, 1.54) is 20.1 Å². The number of rotatable bonds is 8. The maximum absolute atomic E-state index is 11.3. The molecule has 0 bridgehead atoms. The van der Waals surface area contributed by atoms with Gasteiger partial charge in [0.2, 0.25) is 0 Å². The average Bonchev–Trinajstić information content (AvgIpc) is 2.33. The molecule has 0 amide bonds. The van der Waals surface area contributed by atoms with Gasteiger partial charge in [-0.05, 0) is 38.1 Å². The minimum absolute atomic E-state index is 0.0710. The van der Waals surface area contributed by atoms with E-state index < -0.39 is 5.97 Å². The molecule has 0 aromatic rings. The van der Waals surface area contributed by atoms with E-state index in [4.69, 9.17) is 0 Å². The number of Topliss-reactive ketones (excluding diaryl/α,β-unsaturated/α-hetero) is 1. The zero-order chi connectivity index (χ0) is 14.0. The number of methoxy groups -OCH3 is 1. The highest BCUT2D eigenvalue weighted by Gasteiger charge is 2.13. The number of ether oxygens (including phenoxy) is 1. The van der Waals surface area contributed by atoms with Crippen LogP contribution >= 0.6 is 0 Å². The summed E-state index contributed by atoms with van der Waals surface area (Å²) in [6.07, 6.45) is 7.25. The first-order valence-electron chi connectivity index (χ1n) is 6.28. The van der Waals surface area contributed by atoms with E-state index in [9.17, 15) is 9.59 Å². The zero-order valence-electron chi connectivity index (χ0n) is 11.7. The van der Waals surface area contributed by atoms with Crippen molar-refractivity contribution in [3.05, 3.63) is 23.9 Å². The van der Waals surface area contributed by atoms with Crippen LogP contribution in [0.15, 0.2) is 23.9 Å². The van der Waals surface area contributed by atoms with Gasteiger partial charge in [0.25, 0.3) is 0 Å².